The van der Waals surface area contributed by atoms with Crippen LogP contribution in [0.15, 0.2) is 122 Å². The SMILES string of the molecule is C=CC(=O)OCCCCCCOc1ccc(C#Cc2c3ccccc3c(C#Cc3ccc(OCCCCCCOC(=O)C=C)cc3)c3ccccc23)cc1. The normalized spacial score (nSPS) is 10.4. The molecule has 0 aliphatic rings. The number of rotatable bonds is 18. The van der Waals surface area contributed by atoms with Gasteiger partial charge in [-0.3, -0.25) is 0 Å². The lowest BCUT2D eigenvalue weighted by Crippen LogP contribution is -2.02. The van der Waals surface area contributed by atoms with E-state index >= 15 is 0 Å². The van der Waals surface area contributed by atoms with E-state index in [1.807, 2.05) is 72.8 Å². The first-order valence-corrected chi connectivity index (χ1v) is 18.6. The Kier molecular flexibility index (Phi) is 15.4. The van der Waals surface area contributed by atoms with Crippen molar-refractivity contribution in [2.75, 3.05) is 26.4 Å². The maximum absolute atomic E-state index is 11.1. The van der Waals surface area contributed by atoms with Gasteiger partial charge in [-0.2, -0.15) is 0 Å². The van der Waals surface area contributed by atoms with E-state index in [4.69, 9.17) is 18.9 Å². The van der Waals surface area contributed by atoms with Crippen molar-refractivity contribution in [3.63, 3.8) is 0 Å². The van der Waals surface area contributed by atoms with Crippen molar-refractivity contribution >= 4 is 33.5 Å². The lowest BCUT2D eigenvalue weighted by atomic mass is 9.92. The number of hydrogen-bond acceptors (Lipinski definition) is 6. The molecule has 54 heavy (non-hydrogen) atoms. The molecule has 0 saturated carbocycles. The van der Waals surface area contributed by atoms with Gasteiger partial charge in [0.2, 0.25) is 0 Å². The van der Waals surface area contributed by atoms with E-state index < -0.39 is 0 Å². The quantitative estimate of drug-likeness (QED) is 0.0295. The van der Waals surface area contributed by atoms with Gasteiger partial charge in [0.05, 0.1) is 26.4 Å². The molecule has 5 rings (SSSR count). The fourth-order valence-electron chi connectivity index (χ4n) is 5.89. The topological polar surface area (TPSA) is 71.1 Å². The summed E-state index contributed by atoms with van der Waals surface area (Å²) >= 11 is 0. The van der Waals surface area contributed by atoms with Gasteiger partial charge in [0.25, 0.3) is 0 Å². The zero-order valence-corrected chi connectivity index (χ0v) is 30.7. The van der Waals surface area contributed by atoms with E-state index in [1.165, 1.54) is 12.2 Å². The molecule has 0 aliphatic heterocycles. The molecule has 0 N–H and O–H groups in total. The highest BCUT2D eigenvalue weighted by molar-refractivity contribution is 6.09. The van der Waals surface area contributed by atoms with E-state index in [0.29, 0.717) is 26.4 Å². The minimum Gasteiger partial charge on any atom is -0.494 e. The molecule has 274 valence electrons. The van der Waals surface area contributed by atoms with E-state index in [9.17, 15) is 9.59 Å². The first-order valence-electron chi connectivity index (χ1n) is 18.6. The molecule has 0 atom stereocenters. The molecular weight excluding hydrogens is 673 g/mol. The molecule has 0 aliphatic carbocycles. The molecule has 0 unspecified atom stereocenters. The van der Waals surface area contributed by atoms with Crippen LogP contribution in [0.2, 0.25) is 0 Å². The summed E-state index contributed by atoms with van der Waals surface area (Å²) in [6, 6.07) is 32.5. The first kappa shape index (κ1) is 39.0. The van der Waals surface area contributed by atoms with Gasteiger partial charge in [-0.1, -0.05) is 85.4 Å². The van der Waals surface area contributed by atoms with Gasteiger partial charge >= 0.3 is 11.9 Å². The Balaban J connectivity index is 1.20. The van der Waals surface area contributed by atoms with Crippen LogP contribution in [0.1, 0.15) is 73.6 Å². The molecule has 0 radical (unpaired) electrons. The van der Waals surface area contributed by atoms with Crippen molar-refractivity contribution in [1.82, 2.24) is 0 Å². The van der Waals surface area contributed by atoms with Crippen LogP contribution in [0, 0.1) is 23.7 Å². The van der Waals surface area contributed by atoms with Crippen molar-refractivity contribution in [1.29, 1.82) is 0 Å². The molecular formula is C48H46O6. The molecule has 0 fully saturated rings. The number of ether oxygens (including phenoxy) is 4. The second kappa shape index (κ2) is 21.3. The largest absolute Gasteiger partial charge is 0.494 e. The summed E-state index contributed by atoms with van der Waals surface area (Å²) in [5, 5.41) is 4.25. The molecule has 5 aromatic rings. The van der Waals surface area contributed by atoms with Gasteiger partial charge < -0.3 is 18.9 Å². The lowest BCUT2D eigenvalue weighted by Gasteiger charge is -2.10. The highest BCUT2D eigenvalue weighted by Gasteiger charge is 2.11. The van der Waals surface area contributed by atoms with E-state index in [2.05, 4.69) is 61.1 Å². The van der Waals surface area contributed by atoms with Crippen LogP contribution >= 0.6 is 0 Å². The minimum atomic E-state index is -0.374. The van der Waals surface area contributed by atoms with E-state index in [0.717, 1.165) is 107 Å². The van der Waals surface area contributed by atoms with Crippen molar-refractivity contribution in [2.24, 2.45) is 0 Å². The number of benzene rings is 5. The molecule has 0 spiro atoms. The number of esters is 2. The maximum Gasteiger partial charge on any atom is 0.330 e. The number of carbonyl (C=O) groups is 2. The molecule has 6 nitrogen and oxygen atoms in total. The number of carbonyl (C=O) groups excluding carboxylic acids is 2. The van der Waals surface area contributed by atoms with Crippen molar-refractivity contribution in [2.45, 2.75) is 51.4 Å². The van der Waals surface area contributed by atoms with Crippen molar-refractivity contribution < 1.29 is 28.5 Å². The minimum absolute atomic E-state index is 0.374. The van der Waals surface area contributed by atoms with Crippen LogP contribution in [0.25, 0.3) is 21.5 Å². The Bertz CT molecular complexity index is 1940. The summed E-state index contributed by atoms with van der Waals surface area (Å²) in [4.78, 5) is 22.2. The molecule has 5 aromatic carbocycles. The fraction of sp³-hybridized carbons (Fsp3) is 0.250. The maximum atomic E-state index is 11.1. The van der Waals surface area contributed by atoms with E-state index in [-0.39, 0.29) is 11.9 Å². The second-order valence-corrected chi connectivity index (χ2v) is 12.7. The third kappa shape index (κ3) is 11.9. The average molecular weight is 719 g/mol. The van der Waals surface area contributed by atoms with Gasteiger partial charge in [-0.15, -0.1) is 0 Å². The third-order valence-corrected chi connectivity index (χ3v) is 8.74. The third-order valence-electron chi connectivity index (χ3n) is 8.74. The highest BCUT2D eigenvalue weighted by Crippen LogP contribution is 2.32. The number of fused-ring (bicyclic) bond motifs is 2. The summed E-state index contributed by atoms with van der Waals surface area (Å²) < 4.78 is 21.9. The molecule has 0 amide bonds. The fourth-order valence-corrected chi connectivity index (χ4v) is 5.89. The summed E-state index contributed by atoms with van der Waals surface area (Å²) in [7, 11) is 0. The van der Waals surface area contributed by atoms with Gasteiger partial charge in [-0.25, -0.2) is 9.59 Å². The zero-order chi connectivity index (χ0) is 37.8. The van der Waals surface area contributed by atoms with Crippen LogP contribution < -0.4 is 9.47 Å². The van der Waals surface area contributed by atoms with Crippen LogP contribution in [-0.4, -0.2) is 38.4 Å². The van der Waals surface area contributed by atoms with Crippen LogP contribution in [0.5, 0.6) is 11.5 Å². The van der Waals surface area contributed by atoms with Crippen LogP contribution in [0.3, 0.4) is 0 Å². The monoisotopic (exact) mass is 718 g/mol. The summed E-state index contributed by atoms with van der Waals surface area (Å²) in [6.07, 6.45) is 9.88. The van der Waals surface area contributed by atoms with E-state index in [1.54, 1.807) is 0 Å². The van der Waals surface area contributed by atoms with Crippen molar-refractivity contribution in [3.8, 4) is 35.2 Å². The van der Waals surface area contributed by atoms with Gasteiger partial charge in [0.1, 0.15) is 11.5 Å². The Morgan fingerprint density at radius 3 is 1.11 bits per heavy atom. The summed E-state index contributed by atoms with van der Waals surface area (Å²) in [5.74, 6) is 14.6. The molecule has 0 bridgehead atoms. The standard InChI is InChI=1S/C48H46O6/c1-3-47(49)53-35-15-7-5-13-33-51-39-27-21-37(22-28-39)25-31-45-41-17-9-11-19-43(41)46(44-20-12-10-18-42(44)45)32-26-38-23-29-40(30-24-38)52-34-14-6-8-16-36-54-48(50)4-2/h3-4,9-12,17-24,27-30H,1-2,5-8,13-16,33-36H2. The van der Waals surface area contributed by atoms with Crippen molar-refractivity contribution in [3.05, 3.63) is 145 Å². The van der Waals surface area contributed by atoms with Crippen LogP contribution in [0.4, 0.5) is 0 Å². The predicted molar refractivity (Wildman–Crippen MR) is 217 cm³/mol. The van der Waals surface area contributed by atoms with Gasteiger partial charge in [0, 0.05) is 34.4 Å². The lowest BCUT2D eigenvalue weighted by molar-refractivity contribution is -0.138. The Morgan fingerprint density at radius 2 is 0.778 bits per heavy atom. The van der Waals surface area contributed by atoms with Crippen LogP contribution in [-0.2, 0) is 19.1 Å². The zero-order valence-electron chi connectivity index (χ0n) is 30.7. The Morgan fingerprint density at radius 1 is 0.444 bits per heavy atom. The highest BCUT2D eigenvalue weighted by atomic mass is 16.5. The molecule has 0 aromatic heterocycles. The number of unbranched alkanes of at least 4 members (excludes halogenated alkanes) is 6. The molecule has 6 heteroatoms. The second-order valence-electron chi connectivity index (χ2n) is 12.7. The Labute approximate surface area is 318 Å². The molecule has 0 heterocycles. The Hall–Kier alpha value is -6.24. The van der Waals surface area contributed by atoms with Gasteiger partial charge in [-0.05, 0) is 121 Å². The smallest absolute Gasteiger partial charge is 0.330 e. The predicted octanol–water partition coefficient (Wildman–Crippen LogP) is 10.1. The average Bonchev–Trinajstić information content (AvgIpc) is 3.21. The summed E-state index contributed by atoms with van der Waals surface area (Å²) in [5.41, 5.74) is 3.77. The number of hydrogen-bond donors (Lipinski definition) is 0. The first-order chi connectivity index (χ1) is 26.6. The molecule has 0 saturated heterocycles. The summed E-state index contributed by atoms with van der Waals surface area (Å²) in [6.45, 7) is 8.91. The van der Waals surface area contributed by atoms with Gasteiger partial charge in [0.15, 0.2) is 0 Å².